The highest BCUT2D eigenvalue weighted by molar-refractivity contribution is 9.13. The summed E-state index contributed by atoms with van der Waals surface area (Å²) in [7, 11) is 0. The lowest BCUT2D eigenvalue weighted by Crippen LogP contribution is -1.98. The van der Waals surface area contributed by atoms with E-state index in [1.807, 2.05) is 18.2 Å². The molecule has 2 rings (SSSR count). The van der Waals surface area contributed by atoms with Gasteiger partial charge in [-0.25, -0.2) is 4.98 Å². The number of nitrogens with zero attached hydrogens (tertiary/aromatic N) is 1. The fourth-order valence-corrected chi connectivity index (χ4v) is 3.32. The number of aliphatic hydroxyl groups excluding tert-OH is 1. The van der Waals surface area contributed by atoms with Crippen LogP contribution in [0.15, 0.2) is 37.3 Å². The molecule has 0 saturated heterocycles. The fraction of sp³-hybridized carbons (Fsp3) is 0.100. The van der Waals surface area contributed by atoms with Crippen molar-refractivity contribution < 1.29 is 5.11 Å². The second-order valence-electron chi connectivity index (χ2n) is 3.08. The summed E-state index contributed by atoms with van der Waals surface area (Å²) >= 11 is 11.6. The summed E-state index contributed by atoms with van der Waals surface area (Å²) < 4.78 is 2.58. The number of thiazole rings is 1. The Labute approximate surface area is 122 Å². The molecule has 1 atom stereocenters. The van der Waals surface area contributed by atoms with Gasteiger partial charge in [0.05, 0.1) is 10.4 Å². The van der Waals surface area contributed by atoms with Gasteiger partial charge in [0, 0.05) is 8.95 Å². The quantitative estimate of drug-likeness (QED) is 0.764. The van der Waals surface area contributed by atoms with Gasteiger partial charge in [-0.15, -0.1) is 11.3 Å². The molecule has 0 bridgehead atoms. The van der Waals surface area contributed by atoms with E-state index in [4.69, 9.17) is 0 Å². The monoisotopic (exact) mass is 425 g/mol. The minimum atomic E-state index is -0.647. The van der Waals surface area contributed by atoms with Gasteiger partial charge in [0.25, 0.3) is 0 Å². The van der Waals surface area contributed by atoms with E-state index in [0.717, 1.165) is 19.4 Å². The summed E-state index contributed by atoms with van der Waals surface area (Å²) in [6.45, 7) is 0. The van der Waals surface area contributed by atoms with E-state index in [1.165, 1.54) is 11.3 Å². The minimum absolute atomic E-state index is 0.647. The number of aliphatic hydroxyl groups is 1. The van der Waals surface area contributed by atoms with E-state index in [2.05, 4.69) is 52.8 Å². The maximum absolute atomic E-state index is 10.2. The van der Waals surface area contributed by atoms with Crippen LogP contribution in [0.5, 0.6) is 0 Å². The van der Waals surface area contributed by atoms with Crippen molar-refractivity contribution >= 4 is 59.1 Å². The molecule has 2 aromatic rings. The van der Waals surface area contributed by atoms with Gasteiger partial charge in [0.15, 0.2) is 0 Å². The average molecular weight is 428 g/mol. The molecule has 1 aromatic heterocycles. The van der Waals surface area contributed by atoms with Crippen molar-refractivity contribution in [2.24, 2.45) is 0 Å². The first kappa shape index (κ1) is 12.7. The molecule has 0 saturated carbocycles. The zero-order valence-electron chi connectivity index (χ0n) is 7.82. The van der Waals surface area contributed by atoms with Gasteiger partial charge < -0.3 is 5.11 Å². The molecule has 6 heteroatoms. The number of rotatable bonds is 2. The lowest BCUT2D eigenvalue weighted by Gasteiger charge is -2.10. The van der Waals surface area contributed by atoms with Gasteiger partial charge in [-0.2, -0.15) is 0 Å². The average Bonchev–Trinajstić information content (AvgIpc) is 2.67. The SMILES string of the molecule is OC(c1ccc(Br)c(Br)c1)c1scnc1Br. The van der Waals surface area contributed by atoms with Gasteiger partial charge in [0.1, 0.15) is 10.7 Å². The Hall–Kier alpha value is 0.250. The molecule has 0 aliphatic heterocycles. The zero-order valence-corrected chi connectivity index (χ0v) is 13.4. The normalized spacial score (nSPS) is 12.8. The summed E-state index contributed by atoms with van der Waals surface area (Å²) in [4.78, 5) is 4.87. The van der Waals surface area contributed by atoms with Crippen molar-refractivity contribution in [1.29, 1.82) is 0 Å². The Balaban J connectivity index is 2.38. The van der Waals surface area contributed by atoms with E-state index in [0.29, 0.717) is 4.60 Å². The lowest BCUT2D eigenvalue weighted by molar-refractivity contribution is 0.223. The molecule has 0 radical (unpaired) electrons. The number of halogens is 3. The van der Waals surface area contributed by atoms with Crippen molar-refractivity contribution in [1.82, 2.24) is 4.98 Å². The van der Waals surface area contributed by atoms with E-state index in [-0.39, 0.29) is 0 Å². The van der Waals surface area contributed by atoms with Crippen LogP contribution in [-0.4, -0.2) is 10.1 Å². The molecule has 1 unspecified atom stereocenters. The fourth-order valence-electron chi connectivity index (χ4n) is 1.25. The molecule has 0 fully saturated rings. The maximum atomic E-state index is 10.2. The number of hydrogen-bond donors (Lipinski definition) is 1. The maximum Gasteiger partial charge on any atom is 0.123 e. The Morgan fingerprint density at radius 3 is 2.50 bits per heavy atom. The first-order valence-corrected chi connectivity index (χ1v) is 7.57. The van der Waals surface area contributed by atoms with E-state index in [1.54, 1.807) is 5.51 Å². The number of aromatic nitrogens is 1. The number of hydrogen-bond acceptors (Lipinski definition) is 3. The molecule has 2 nitrogen and oxygen atoms in total. The van der Waals surface area contributed by atoms with Crippen LogP contribution < -0.4 is 0 Å². The van der Waals surface area contributed by atoms with Crippen LogP contribution in [0.2, 0.25) is 0 Å². The topological polar surface area (TPSA) is 33.1 Å². The van der Waals surface area contributed by atoms with Crippen LogP contribution in [0, 0.1) is 0 Å². The molecular weight excluding hydrogens is 422 g/mol. The van der Waals surface area contributed by atoms with Gasteiger partial charge in [0.2, 0.25) is 0 Å². The van der Waals surface area contributed by atoms with Crippen LogP contribution >= 0.6 is 59.1 Å². The molecule has 84 valence electrons. The van der Waals surface area contributed by atoms with Crippen molar-refractivity contribution in [2.45, 2.75) is 6.10 Å². The van der Waals surface area contributed by atoms with Crippen molar-refractivity contribution in [3.8, 4) is 0 Å². The second kappa shape index (κ2) is 5.27. The largest absolute Gasteiger partial charge is 0.383 e. The summed E-state index contributed by atoms with van der Waals surface area (Å²) in [6, 6.07) is 5.67. The molecule has 0 aliphatic carbocycles. The predicted molar refractivity (Wildman–Crippen MR) is 75.7 cm³/mol. The van der Waals surface area contributed by atoms with Crippen molar-refractivity contribution in [3.63, 3.8) is 0 Å². The smallest absolute Gasteiger partial charge is 0.123 e. The predicted octanol–water partition coefficient (Wildman–Crippen LogP) is 4.51. The summed E-state index contributed by atoms with van der Waals surface area (Å²) in [5.41, 5.74) is 2.54. The highest BCUT2D eigenvalue weighted by Gasteiger charge is 2.16. The second-order valence-corrected chi connectivity index (χ2v) is 6.43. The zero-order chi connectivity index (χ0) is 11.7. The molecular formula is C10H6Br3NOS. The third-order valence-electron chi connectivity index (χ3n) is 2.06. The highest BCUT2D eigenvalue weighted by atomic mass is 79.9. The van der Waals surface area contributed by atoms with Gasteiger partial charge in [-0.1, -0.05) is 6.07 Å². The molecule has 1 N–H and O–H groups in total. The highest BCUT2D eigenvalue weighted by Crippen LogP contribution is 2.33. The van der Waals surface area contributed by atoms with Crippen molar-refractivity contribution in [2.75, 3.05) is 0 Å². The van der Waals surface area contributed by atoms with Gasteiger partial charge in [-0.05, 0) is 65.5 Å². The summed E-state index contributed by atoms with van der Waals surface area (Å²) in [5.74, 6) is 0. The Bertz CT molecular complexity index is 515. The van der Waals surface area contributed by atoms with Crippen molar-refractivity contribution in [3.05, 3.63) is 47.7 Å². The van der Waals surface area contributed by atoms with Crippen LogP contribution in [0.25, 0.3) is 0 Å². The third-order valence-corrected chi connectivity index (χ3v) is 5.71. The first-order valence-electron chi connectivity index (χ1n) is 4.31. The Kier molecular flexibility index (Phi) is 4.18. The summed E-state index contributed by atoms with van der Waals surface area (Å²) in [5, 5.41) is 10.2. The third kappa shape index (κ3) is 2.56. The van der Waals surface area contributed by atoms with E-state index < -0.39 is 6.10 Å². The lowest BCUT2D eigenvalue weighted by atomic mass is 10.1. The Morgan fingerprint density at radius 2 is 1.94 bits per heavy atom. The van der Waals surface area contributed by atoms with Crippen LogP contribution in [-0.2, 0) is 0 Å². The van der Waals surface area contributed by atoms with Crippen LogP contribution in [0.3, 0.4) is 0 Å². The molecule has 0 amide bonds. The molecule has 1 heterocycles. The first-order chi connectivity index (χ1) is 7.59. The Morgan fingerprint density at radius 1 is 1.19 bits per heavy atom. The summed E-state index contributed by atoms with van der Waals surface area (Å²) in [6.07, 6.45) is -0.647. The molecule has 0 aliphatic rings. The molecule has 16 heavy (non-hydrogen) atoms. The molecule has 0 spiro atoms. The van der Waals surface area contributed by atoms with Crippen LogP contribution in [0.1, 0.15) is 16.5 Å². The van der Waals surface area contributed by atoms with Gasteiger partial charge in [-0.3, -0.25) is 0 Å². The van der Waals surface area contributed by atoms with Crippen LogP contribution in [0.4, 0.5) is 0 Å². The minimum Gasteiger partial charge on any atom is -0.383 e. The van der Waals surface area contributed by atoms with E-state index in [9.17, 15) is 5.11 Å². The molecule has 1 aromatic carbocycles. The van der Waals surface area contributed by atoms with Gasteiger partial charge >= 0.3 is 0 Å². The number of benzene rings is 1. The van der Waals surface area contributed by atoms with E-state index >= 15 is 0 Å². The standard InChI is InChI=1S/C10H6Br3NOS/c11-6-2-1-5(3-7(6)12)8(15)9-10(13)14-4-16-9/h1-4,8,15H.